The zero-order valence-corrected chi connectivity index (χ0v) is 8.27. The lowest BCUT2D eigenvalue weighted by Gasteiger charge is -2.31. The Morgan fingerprint density at radius 1 is 1.50 bits per heavy atom. The Morgan fingerprint density at radius 3 is 2.79 bits per heavy atom. The fourth-order valence-electron chi connectivity index (χ4n) is 1.70. The van der Waals surface area contributed by atoms with Gasteiger partial charge >= 0.3 is 0 Å². The number of piperidine rings is 1. The van der Waals surface area contributed by atoms with Gasteiger partial charge < -0.3 is 10.4 Å². The van der Waals surface area contributed by atoms with Crippen LogP contribution in [-0.4, -0.2) is 44.0 Å². The Morgan fingerprint density at radius 2 is 2.21 bits per heavy atom. The largest absolute Gasteiger partial charge is 0.388 e. The predicted octanol–water partition coefficient (Wildman–Crippen LogP) is -0.904. The number of aromatic nitrogens is 4. The van der Waals surface area contributed by atoms with Gasteiger partial charge in [-0.2, -0.15) is 4.80 Å². The van der Waals surface area contributed by atoms with Crippen molar-refractivity contribution in [2.75, 3.05) is 13.1 Å². The van der Waals surface area contributed by atoms with E-state index in [1.54, 1.807) is 6.92 Å². The second-order valence-corrected chi connectivity index (χ2v) is 3.84. The van der Waals surface area contributed by atoms with E-state index in [1.165, 1.54) is 4.80 Å². The number of rotatable bonds is 2. The summed E-state index contributed by atoms with van der Waals surface area (Å²) in [6, 6.07) is 0. The van der Waals surface area contributed by atoms with Crippen LogP contribution in [0.25, 0.3) is 0 Å². The van der Waals surface area contributed by atoms with Crippen LogP contribution in [0.4, 0.5) is 0 Å². The van der Waals surface area contributed by atoms with Gasteiger partial charge in [0.2, 0.25) is 0 Å². The molecule has 0 bridgehead atoms. The number of aliphatic hydroxyl groups is 1. The fourth-order valence-corrected chi connectivity index (χ4v) is 1.70. The average molecular weight is 197 g/mol. The summed E-state index contributed by atoms with van der Waals surface area (Å²) in [5, 5.41) is 25.1. The molecule has 6 heteroatoms. The van der Waals surface area contributed by atoms with Gasteiger partial charge in [-0.15, -0.1) is 10.2 Å². The number of hydrogen-bond donors (Lipinski definition) is 2. The van der Waals surface area contributed by atoms with E-state index in [4.69, 9.17) is 0 Å². The van der Waals surface area contributed by atoms with Crippen LogP contribution >= 0.6 is 0 Å². The normalized spacial score (nSPS) is 21.0. The molecule has 1 aromatic heterocycles. The molecule has 1 aromatic rings. The third-order valence-electron chi connectivity index (χ3n) is 2.52. The SMILES string of the molecule is Cc1nnn(CC2(O)CCNCC2)n1. The van der Waals surface area contributed by atoms with Crippen molar-refractivity contribution in [3.05, 3.63) is 5.82 Å². The summed E-state index contributed by atoms with van der Waals surface area (Å²) < 4.78 is 0. The maximum Gasteiger partial charge on any atom is 0.171 e. The molecule has 0 aromatic carbocycles. The number of nitrogens with one attached hydrogen (secondary N) is 1. The molecule has 0 radical (unpaired) electrons. The van der Waals surface area contributed by atoms with Crippen LogP contribution < -0.4 is 5.32 Å². The number of hydrogen-bond acceptors (Lipinski definition) is 5. The highest BCUT2D eigenvalue weighted by Gasteiger charge is 2.30. The fraction of sp³-hybridized carbons (Fsp3) is 0.875. The molecule has 78 valence electrons. The molecule has 2 heterocycles. The first-order valence-corrected chi connectivity index (χ1v) is 4.85. The Kier molecular flexibility index (Phi) is 2.47. The Labute approximate surface area is 82.3 Å². The lowest BCUT2D eigenvalue weighted by atomic mass is 9.93. The number of aryl methyl sites for hydroxylation is 1. The summed E-state index contributed by atoms with van der Waals surface area (Å²) in [5.74, 6) is 0.641. The summed E-state index contributed by atoms with van der Waals surface area (Å²) >= 11 is 0. The Bertz CT molecular complexity index is 304. The van der Waals surface area contributed by atoms with Gasteiger partial charge in [0.15, 0.2) is 5.82 Å². The molecule has 0 unspecified atom stereocenters. The molecular weight excluding hydrogens is 182 g/mol. The third kappa shape index (κ3) is 2.08. The zero-order valence-electron chi connectivity index (χ0n) is 8.27. The van der Waals surface area contributed by atoms with E-state index in [0.29, 0.717) is 12.4 Å². The first-order valence-electron chi connectivity index (χ1n) is 4.85. The minimum atomic E-state index is -0.668. The van der Waals surface area contributed by atoms with Crippen LogP contribution in [-0.2, 0) is 6.54 Å². The van der Waals surface area contributed by atoms with Gasteiger partial charge in [0.25, 0.3) is 0 Å². The van der Waals surface area contributed by atoms with Gasteiger partial charge in [-0.3, -0.25) is 0 Å². The molecule has 1 aliphatic rings. The summed E-state index contributed by atoms with van der Waals surface area (Å²) in [6.07, 6.45) is 1.49. The molecule has 2 rings (SSSR count). The molecular formula is C8H15N5O. The molecule has 0 spiro atoms. The number of tetrazole rings is 1. The highest BCUT2D eigenvalue weighted by molar-refractivity contribution is 4.83. The van der Waals surface area contributed by atoms with E-state index in [1.807, 2.05) is 0 Å². The van der Waals surface area contributed by atoms with E-state index in [2.05, 4.69) is 20.7 Å². The molecule has 1 fully saturated rings. The zero-order chi connectivity index (χ0) is 10.0. The summed E-state index contributed by atoms with van der Waals surface area (Å²) in [5.41, 5.74) is -0.668. The quantitative estimate of drug-likeness (QED) is 0.642. The minimum Gasteiger partial charge on any atom is -0.388 e. The monoisotopic (exact) mass is 197 g/mol. The highest BCUT2D eigenvalue weighted by atomic mass is 16.3. The molecule has 0 saturated carbocycles. The van der Waals surface area contributed by atoms with Gasteiger partial charge in [-0.25, -0.2) is 0 Å². The Hall–Kier alpha value is -1.01. The molecule has 2 N–H and O–H groups in total. The third-order valence-corrected chi connectivity index (χ3v) is 2.52. The van der Waals surface area contributed by atoms with Crippen molar-refractivity contribution in [1.82, 2.24) is 25.5 Å². The van der Waals surface area contributed by atoms with Crippen molar-refractivity contribution in [2.45, 2.75) is 31.9 Å². The maximum atomic E-state index is 10.2. The standard InChI is InChI=1S/C8H15N5O/c1-7-10-12-13(11-7)6-8(14)2-4-9-5-3-8/h9,14H,2-6H2,1H3. The van der Waals surface area contributed by atoms with Crippen molar-refractivity contribution in [3.8, 4) is 0 Å². The summed E-state index contributed by atoms with van der Waals surface area (Å²) in [7, 11) is 0. The molecule has 0 amide bonds. The van der Waals surface area contributed by atoms with Gasteiger partial charge in [0, 0.05) is 0 Å². The Balaban J connectivity index is 2.01. The van der Waals surface area contributed by atoms with E-state index >= 15 is 0 Å². The van der Waals surface area contributed by atoms with Crippen LogP contribution in [0.15, 0.2) is 0 Å². The van der Waals surface area contributed by atoms with Gasteiger partial charge in [0.05, 0.1) is 12.1 Å². The second kappa shape index (κ2) is 3.62. The molecule has 0 aliphatic carbocycles. The van der Waals surface area contributed by atoms with Crippen LogP contribution in [0.1, 0.15) is 18.7 Å². The van der Waals surface area contributed by atoms with E-state index in [0.717, 1.165) is 25.9 Å². The molecule has 6 nitrogen and oxygen atoms in total. The van der Waals surface area contributed by atoms with Crippen LogP contribution in [0.2, 0.25) is 0 Å². The highest BCUT2D eigenvalue weighted by Crippen LogP contribution is 2.19. The topological polar surface area (TPSA) is 75.9 Å². The van der Waals surface area contributed by atoms with Crippen molar-refractivity contribution in [3.63, 3.8) is 0 Å². The van der Waals surface area contributed by atoms with Crippen LogP contribution in [0.3, 0.4) is 0 Å². The van der Waals surface area contributed by atoms with Crippen molar-refractivity contribution >= 4 is 0 Å². The van der Waals surface area contributed by atoms with E-state index in [9.17, 15) is 5.11 Å². The van der Waals surface area contributed by atoms with Gasteiger partial charge in [0.1, 0.15) is 0 Å². The van der Waals surface area contributed by atoms with Gasteiger partial charge in [-0.05, 0) is 38.1 Å². The van der Waals surface area contributed by atoms with Crippen molar-refractivity contribution in [2.24, 2.45) is 0 Å². The molecule has 0 atom stereocenters. The first-order chi connectivity index (χ1) is 6.68. The van der Waals surface area contributed by atoms with Crippen LogP contribution in [0.5, 0.6) is 0 Å². The van der Waals surface area contributed by atoms with E-state index < -0.39 is 5.60 Å². The van der Waals surface area contributed by atoms with E-state index in [-0.39, 0.29) is 0 Å². The summed E-state index contributed by atoms with van der Waals surface area (Å²) in [4.78, 5) is 1.47. The molecule has 1 aliphatic heterocycles. The second-order valence-electron chi connectivity index (χ2n) is 3.84. The lowest BCUT2D eigenvalue weighted by molar-refractivity contribution is -0.0121. The van der Waals surface area contributed by atoms with Crippen LogP contribution in [0, 0.1) is 6.92 Å². The summed E-state index contributed by atoms with van der Waals surface area (Å²) in [6.45, 7) is 3.93. The predicted molar refractivity (Wildman–Crippen MR) is 49.6 cm³/mol. The first kappa shape index (κ1) is 9.54. The number of nitrogens with zero attached hydrogens (tertiary/aromatic N) is 4. The average Bonchev–Trinajstić information content (AvgIpc) is 2.51. The minimum absolute atomic E-state index is 0.440. The smallest absolute Gasteiger partial charge is 0.171 e. The van der Waals surface area contributed by atoms with Crippen molar-refractivity contribution < 1.29 is 5.11 Å². The maximum absolute atomic E-state index is 10.2. The molecule has 1 saturated heterocycles. The molecule has 14 heavy (non-hydrogen) atoms. The van der Waals surface area contributed by atoms with Crippen molar-refractivity contribution in [1.29, 1.82) is 0 Å². The van der Waals surface area contributed by atoms with Gasteiger partial charge in [-0.1, -0.05) is 0 Å². The lowest BCUT2D eigenvalue weighted by Crippen LogP contribution is -2.45.